The highest BCUT2D eigenvalue weighted by Crippen LogP contribution is 2.25. The molecule has 0 amide bonds. The molecule has 0 aliphatic carbocycles. The minimum atomic E-state index is 0.589. The third kappa shape index (κ3) is 2.30. The van der Waals surface area contributed by atoms with Crippen LogP contribution in [0.4, 0.5) is 5.69 Å². The summed E-state index contributed by atoms with van der Waals surface area (Å²) in [5, 5.41) is 2.04. The van der Waals surface area contributed by atoms with E-state index < -0.39 is 0 Å². The van der Waals surface area contributed by atoms with Crippen molar-refractivity contribution in [3.05, 3.63) is 46.2 Å². The lowest BCUT2D eigenvalue weighted by Crippen LogP contribution is -1.98. The zero-order valence-electron chi connectivity index (χ0n) is 8.57. The maximum Gasteiger partial charge on any atom is 0.143 e. The fourth-order valence-corrected chi connectivity index (χ4v) is 1.94. The van der Waals surface area contributed by atoms with Crippen molar-refractivity contribution in [2.45, 2.75) is 13.5 Å². The summed E-state index contributed by atoms with van der Waals surface area (Å²) in [5.74, 6) is 0.767. The van der Waals surface area contributed by atoms with Crippen LogP contribution < -0.4 is 10.5 Å². The molecule has 78 valence electrons. The van der Waals surface area contributed by atoms with Crippen LogP contribution in [0.25, 0.3) is 0 Å². The predicted molar refractivity (Wildman–Crippen MR) is 64.2 cm³/mol. The third-order valence-corrected chi connectivity index (χ3v) is 3.08. The Balaban J connectivity index is 2.08. The number of para-hydroxylation sites is 1. The third-order valence-electron chi connectivity index (χ3n) is 2.23. The molecule has 0 atom stereocenters. The largest absolute Gasteiger partial charge is 0.486 e. The number of ether oxygens (including phenoxy) is 1. The molecular formula is C12H13NOS. The van der Waals surface area contributed by atoms with Crippen LogP contribution in [-0.2, 0) is 6.61 Å². The van der Waals surface area contributed by atoms with Gasteiger partial charge < -0.3 is 10.5 Å². The molecule has 0 unspecified atom stereocenters. The van der Waals surface area contributed by atoms with E-state index in [9.17, 15) is 0 Å². The number of nitrogen functional groups attached to an aromatic ring is 1. The van der Waals surface area contributed by atoms with Gasteiger partial charge in [0.2, 0.25) is 0 Å². The zero-order chi connectivity index (χ0) is 10.7. The molecule has 2 aromatic rings. The number of anilines is 1. The fraction of sp³-hybridized carbons (Fsp3) is 0.167. The van der Waals surface area contributed by atoms with E-state index in [1.165, 1.54) is 4.88 Å². The van der Waals surface area contributed by atoms with Gasteiger partial charge in [0.05, 0.1) is 5.69 Å². The molecule has 0 spiro atoms. The lowest BCUT2D eigenvalue weighted by atomic mass is 10.2. The molecule has 0 aliphatic heterocycles. The summed E-state index contributed by atoms with van der Waals surface area (Å²) in [5.41, 5.74) is 7.69. The number of hydrogen-bond donors (Lipinski definition) is 1. The Bertz CT molecular complexity index is 437. The average molecular weight is 219 g/mol. The summed E-state index contributed by atoms with van der Waals surface area (Å²) < 4.78 is 5.65. The van der Waals surface area contributed by atoms with Crippen LogP contribution in [0.15, 0.2) is 35.7 Å². The number of aryl methyl sites for hydroxylation is 1. The van der Waals surface area contributed by atoms with E-state index in [2.05, 4.69) is 6.07 Å². The lowest BCUT2D eigenvalue weighted by molar-refractivity contribution is 0.311. The molecule has 3 heteroatoms. The fourth-order valence-electron chi connectivity index (χ4n) is 1.32. The monoisotopic (exact) mass is 219 g/mol. The summed E-state index contributed by atoms with van der Waals surface area (Å²) in [6.45, 7) is 2.57. The number of hydrogen-bond acceptors (Lipinski definition) is 3. The normalized spacial score (nSPS) is 10.2. The molecule has 0 saturated heterocycles. The summed E-state index contributed by atoms with van der Waals surface area (Å²) >= 11 is 1.69. The highest BCUT2D eigenvalue weighted by Gasteiger charge is 2.02. The molecule has 0 saturated carbocycles. The van der Waals surface area contributed by atoms with E-state index in [0.717, 1.165) is 17.0 Å². The van der Waals surface area contributed by atoms with Gasteiger partial charge in [-0.1, -0.05) is 18.2 Å². The Morgan fingerprint density at radius 1 is 1.27 bits per heavy atom. The standard InChI is InChI=1S/C12H13NOS/c1-9-4-2-6-11(12(9)13)14-8-10-5-3-7-15-10/h2-7H,8,13H2,1H3. The maximum atomic E-state index is 5.90. The maximum absolute atomic E-state index is 5.90. The number of thiophene rings is 1. The van der Waals surface area contributed by atoms with E-state index in [1.54, 1.807) is 11.3 Å². The SMILES string of the molecule is Cc1cccc(OCc2cccs2)c1N. The second-order valence-electron chi connectivity index (χ2n) is 3.35. The van der Waals surface area contributed by atoms with E-state index >= 15 is 0 Å². The van der Waals surface area contributed by atoms with Crippen molar-refractivity contribution in [1.29, 1.82) is 0 Å². The van der Waals surface area contributed by atoms with Crippen molar-refractivity contribution in [3.63, 3.8) is 0 Å². The molecule has 15 heavy (non-hydrogen) atoms. The zero-order valence-corrected chi connectivity index (χ0v) is 9.38. The Labute approximate surface area is 93.3 Å². The van der Waals surface area contributed by atoms with Crippen molar-refractivity contribution in [1.82, 2.24) is 0 Å². The molecule has 1 aromatic carbocycles. The molecule has 0 aliphatic rings. The molecule has 0 radical (unpaired) electrons. The Hall–Kier alpha value is -1.48. The van der Waals surface area contributed by atoms with Crippen LogP contribution >= 0.6 is 11.3 Å². The molecule has 2 nitrogen and oxygen atoms in total. The topological polar surface area (TPSA) is 35.2 Å². The molecule has 1 heterocycles. The van der Waals surface area contributed by atoms with Crippen molar-refractivity contribution in [2.75, 3.05) is 5.73 Å². The first-order valence-corrected chi connectivity index (χ1v) is 5.65. The van der Waals surface area contributed by atoms with Crippen LogP contribution in [0.2, 0.25) is 0 Å². The van der Waals surface area contributed by atoms with Gasteiger partial charge in [0.15, 0.2) is 0 Å². The number of benzene rings is 1. The second-order valence-corrected chi connectivity index (χ2v) is 4.39. The summed E-state index contributed by atoms with van der Waals surface area (Å²) in [6, 6.07) is 9.90. The van der Waals surface area contributed by atoms with Crippen LogP contribution in [0, 0.1) is 6.92 Å². The average Bonchev–Trinajstić information content (AvgIpc) is 2.73. The van der Waals surface area contributed by atoms with Crippen LogP contribution in [0.5, 0.6) is 5.75 Å². The second kappa shape index (κ2) is 4.36. The number of rotatable bonds is 3. The highest BCUT2D eigenvalue weighted by atomic mass is 32.1. The minimum absolute atomic E-state index is 0.589. The molecule has 0 fully saturated rings. The lowest BCUT2D eigenvalue weighted by Gasteiger charge is -2.09. The first kappa shape index (κ1) is 10.1. The molecular weight excluding hydrogens is 206 g/mol. The van der Waals surface area contributed by atoms with Gasteiger partial charge in [-0.25, -0.2) is 0 Å². The summed E-state index contributed by atoms with van der Waals surface area (Å²) in [4.78, 5) is 1.20. The van der Waals surface area contributed by atoms with Crippen molar-refractivity contribution in [3.8, 4) is 5.75 Å². The van der Waals surface area contributed by atoms with Gasteiger partial charge in [0, 0.05) is 4.88 Å². The Kier molecular flexibility index (Phi) is 2.92. The van der Waals surface area contributed by atoms with Gasteiger partial charge in [-0.15, -0.1) is 11.3 Å². The van der Waals surface area contributed by atoms with Crippen molar-refractivity contribution >= 4 is 17.0 Å². The molecule has 2 N–H and O–H groups in total. The van der Waals surface area contributed by atoms with Crippen LogP contribution in [-0.4, -0.2) is 0 Å². The molecule has 1 aromatic heterocycles. The van der Waals surface area contributed by atoms with Crippen LogP contribution in [0.3, 0.4) is 0 Å². The van der Waals surface area contributed by atoms with E-state index in [-0.39, 0.29) is 0 Å². The van der Waals surface area contributed by atoms with Crippen molar-refractivity contribution in [2.24, 2.45) is 0 Å². The summed E-state index contributed by atoms with van der Waals surface area (Å²) in [6.07, 6.45) is 0. The smallest absolute Gasteiger partial charge is 0.143 e. The quantitative estimate of drug-likeness (QED) is 0.804. The van der Waals surface area contributed by atoms with Gasteiger partial charge in [-0.2, -0.15) is 0 Å². The van der Waals surface area contributed by atoms with E-state index in [1.807, 2.05) is 36.6 Å². The number of nitrogens with two attached hydrogens (primary N) is 1. The molecule has 0 bridgehead atoms. The van der Waals surface area contributed by atoms with Gasteiger partial charge in [-0.3, -0.25) is 0 Å². The van der Waals surface area contributed by atoms with Gasteiger partial charge >= 0.3 is 0 Å². The molecule has 2 rings (SSSR count). The van der Waals surface area contributed by atoms with Gasteiger partial charge in [0.1, 0.15) is 12.4 Å². The minimum Gasteiger partial charge on any atom is -0.486 e. The predicted octanol–water partition coefficient (Wildman–Crippen LogP) is 3.22. The highest BCUT2D eigenvalue weighted by molar-refractivity contribution is 7.09. The Morgan fingerprint density at radius 3 is 2.87 bits per heavy atom. The Morgan fingerprint density at radius 2 is 2.13 bits per heavy atom. The van der Waals surface area contributed by atoms with E-state index in [4.69, 9.17) is 10.5 Å². The van der Waals surface area contributed by atoms with E-state index in [0.29, 0.717) is 6.61 Å². The summed E-state index contributed by atoms with van der Waals surface area (Å²) in [7, 11) is 0. The van der Waals surface area contributed by atoms with Gasteiger partial charge in [-0.05, 0) is 30.0 Å². The van der Waals surface area contributed by atoms with Crippen LogP contribution in [0.1, 0.15) is 10.4 Å². The first-order valence-electron chi connectivity index (χ1n) is 4.77. The van der Waals surface area contributed by atoms with Crippen molar-refractivity contribution < 1.29 is 4.74 Å². The van der Waals surface area contributed by atoms with Gasteiger partial charge in [0.25, 0.3) is 0 Å². The first-order chi connectivity index (χ1) is 7.27.